The zero-order valence-electron chi connectivity index (χ0n) is 16.9. The van der Waals surface area contributed by atoms with E-state index in [-0.39, 0.29) is 23.0 Å². The zero-order valence-corrected chi connectivity index (χ0v) is 16.9. The van der Waals surface area contributed by atoms with Crippen LogP contribution in [0.1, 0.15) is 51.2 Å². The summed E-state index contributed by atoms with van der Waals surface area (Å²) in [6.07, 6.45) is 7.12. The average molecular weight is 377 g/mol. The predicted molar refractivity (Wildman–Crippen MR) is 110 cm³/mol. The van der Waals surface area contributed by atoms with E-state index in [2.05, 4.69) is 43.3 Å². The van der Waals surface area contributed by atoms with E-state index in [4.69, 9.17) is 4.98 Å². The van der Waals surface area contributed by atoms with Gasteiger partial charge in [-0.2, -0.15) is 0 Å². The number of rotatable bonds is 3. The minimum absolute atomic E-state index is 0.0312. The molecule has 1 saturated heterocycles. The van der Waals surface area contributed by atoms with E-state index in [0.717, 1.165) is 29.6 Å². The molecule has 2 N–H and O–H groups in total. The number of piperidine rings is 1. The lowest BCUT2D eigenvalue weighted by molar-refractivity contribution is 0.0862. The van der Waals surface area contributed by atoms with Gasteiger partial charge in [0.1, 0.15) is 0 Å². The number of pyridine rings is 2. The number of nitrogens with one attached hydrogen (secondary N) is 2. The first-order chi connectivity index (χ1) is 13.2. The molecule has 0 radical (unpaired) electrons. The molecule has 1 aliphatic rings. The molecular weight excluding hydrogens is 350 g/mol. The van der Waals surface area contributed by atoms with Crippen molar-refractivity contribution in [2.24, 2.45) is 0 Å². The first kappa shape index (κ1) is 18.6. The fourth-order valence-corrected chi connectivity index (χ4v) is 4.59. The molecule has 0 aliphatic carbocycles. The van der Waals surface area contributed by atoms with Crippen molar-refractivity contribution in [3.05, 3.63) is 54.7 Å². The van der Waals surface area contributed by atoms with E-state index in [1.165, 1.54) is 0 Å². The van der Waals surface area contributed by atoms with Gasteiger partial charge in [0.25, 0.3) is 5.91 Å². The number of imidazole rings is 1. The predicted octanol–water partition coefficient (Wildman–Crippen LogP) is 3.44. The van der Waals surface area contributed by atoms with Crippen molar-refractivity contribution < 1.29 is 4.79 Å². The fourth-order valence-electron chi connectivity index (χ4n) is 4.59. The Morgan fingerprint density at radius 2 is 1.79 bits per heavy atom. The molecule has 4 rings (SSSR count). The third-order valence-corrected chi connectivity index (χ3v) is 5.23. The summed E-state index contributed by atoms with van der Waals surface area (Å²) >= 11 is 0. The second-order valence-electron chi connectivity index (χ2n) is 8.95. The minimum atomic E-state index is -0.139. The van der Waals surface area contributed by atoms with Crippen LogP contribution in [0.15, 0.2) is 48.9 Å². The van der Waals surface area contributed by atoms with Crippen molar-refractivity contribution >= 4 is 11.4 Å². The van der Waals surface area contributed by atoms with Crippen LogP contribution in [0.4, 0.5) is 0 Å². The maximum atomic E-state index is 13.2. The first-order valence-electron chi connectivity index (χ1n) is 9.72. The van der Waals surface area contributed by atoms with Gasteiger partial charge >= 0.3 is 0 Å². The molecule has 1 amide bonds. The summed E-state index contributed by atoms with van der Waals surface area (Å²) in [5, 5.41) is 6.88. The summed E-state index contributed by atoms with van der Waals surface area (Å²) in [6.45, 7) is 8.72. The summed E-state index contributed by atoms with van der Waals surface area (Å²) < 4.78 is 1.86. The Hall–Kier alpha value is -2.73. The average Bonchev–Trinajstić information content (AvgIpc) is 2.99. The van der Waals surface area contributed by atoms with E-state index in [9.17, 15) is 4.79 Å². The van der Waals surface area contributed by atoms with Gasteiger partial charge in [-0.1, -0.05) is 6.07 Å². The van der Waals surface area contributed by atoms with Crippen molar-refractivity contribution in [2.75, 3.05) is 0 Å². The summed E-state index contributed by atoms with van der Waals surface area (Å²) in [6, 6.07) is 9.78. The molecular formula is C22H27N5O. The maximum absolute atomic E-state index is 13.2. The van der Waals surface area contributed by atoms with E-state index >= 15 is 0 Å². The van der Waals surface area contributed by atoms with Crippen LogP contribution in [-0.4, -0.2) is 37.4 Å². The van der Waals surface area contributed by atoms with Gasteiger partial charge in [0, 0.05) is 41.3 Å². The first-order valence-corrected chi connectivity index (χ1v) is 9.72. The van der Waals surface area contributed by atoms with Gasteiger partial charge in [0.2, 0.25) is 5.82 Å². The zero-order chi connectivity index (χ0) is 19.9. The Morgan fingerprint density at radius 1 is 1.11 bits per heavy atom. The van der Waals surface area contributed by atoms with Crippen LogP contribution >= 0.6 is 0 Å². The van der Waals surface area contributed by atoms with Gasteiger partial charge in [-0.3, -0.25) is 14.2 Å². The molecule has 1 aliphatic heterocycles. The second-order valence-corrected chi connectivity index (χ2v) is 8.95. The third-order valence-electron chi connectivity index (χ3n) is 5.23. The van der Waals surface area contributed by atoms with Crippen LogP contribution in [-0.2, 0) is 0 Å². The SMILES string of the molecule is CC1(C)CC(NC(=O)c2nc(-c3ccncc3)c3ccccn23)CC(C)(C)N1. The summed E-state index contributed by atoms with van der Waals surface area (Å²) in [7, 11) is 0. The van der Waals surface area contributed by atoms with Crippen molar-refractivity contribution in [1.82, 2.24) is 25.0 Å². The van der Waals surface area contributed by atoms with Crippen LogP contribution in [0.3, 0.4) is 0 Å². The maximum Gasteiger partial charge on any atom is 0.287 e. The van der Waals surface area contributed by atoms with Crippen molar-refractivity contribution in [1.29, 1.82) is 0 Å². The summed E-state index contributed by atoms with van der Waals surface area (Å²) in [5.41, 5.74) is 2.58. The van der Waals surface area contributed by atoms with Gasteiger partial charge < -0.3 is 10.6 Å². The van der Waals surface area contributed by atoms with Gasteiger partial charge in [-0.15, -0.1) is 0 Å². The molecule has 3 aromatic rings. The summed E-state index contributed by atoms with van der Waals surface area (Å²) in [5.74, 6) is 0.275. The molecule has 0 atom stereocenters. The standard InChI is InChI=1S/C22H27N5O/c1-21(2)13-16(14-22(3,4)26-21)24-20(28)19-25-18(15-8-10-23-11-9-15)17-7-5-6-12-27(17)19/h5-12,16,26H,13-14H2,1-4H3,(H,24,28). The lowest BCUT2D eigenvalue weighted by Gasteiger charge is -2.46. The highest BCUT2D eigenvalue weighted by molar-refractivity contribution is 5.94. The van der Waals surface area contributed by atoms with Crippen LogP contribution in [0.2, 0.25) is 0 Å². The quantitative estimate of drug-likeness (QED) is 0.734. The molecule has 6 heteroatoms. The highest BCUT2D eigenvalue weighted by Gasteiger charge is 2.38. The summed E-state index contributed by atoms with van der Waals surface area (Å²) in [4.78, 5) is 21.9. The molecule has 3 aromatic heterocycles. The number of carbonyl (C=O) groups is 1. The molecule has 0 aromatic carbocycles. The molecule has 6 nitrogen and oxygen atoms in total. The molecule has 28 heavy (non-hydrogen) atoms. The van der Waals surface area contributed by atoms with Crippen LogP contribution < -0.4 is 10.6 Å². The second kappa shape index (κ2) is 6.71. The molecule has 0 bridgehead atoms. The van der Waals surface area contributed by atoms with Crippen LogP contribution in [0.25, 0.3) is 16.8 Å². The van der Waals surface area contributed by atoms with E-state index < -0.39 is 0 Å². The number of carbonyl (C=O) groups excluding carboxylic acids is 1. The van der Waals surface area contributed by atoms with Crippen molar-refractivity contribution in [2.45, 2.75) is 57.7 Å². The molecule has 4 heterocycles. The monoisotopic (exact) mass is 377 g/mol. The number of hydrogen-bond donors (Lipinski definition) is 2. The topological polar surface area (TPSA) is 71.3 Å². The Morgan fingerprint density at radius 3 is 2.46 bits per heavy atom. The van der Waals surface area contributed by atoms with E-state index in [1.807, 2.05) is 40.9 Å². The number of fused-ring (bicyclic) bond motifs is 1. The normalized spacial score (nSPS) is 18.9. The Bertz CT molecular complexity index is 990. The van der Waals surface area contributed by atoms with Gasteiger partial charge in [-0.05, 0) is 64.8 Å². The molecule has 146 valence electrons. The van der Waals surface area contributed by atoms with E-state index in [1.54, 1.807) is 12.4 Å². The lowest BCUT2D eigenvalue weighted by Crippen LogP contribution is -2.62. The smallest absolute Gasteiger partial charge is 0.287 e. The molecule has 0 spiro atoms. The highest BCUT2D eigenvalue weighted by Crippen LogP contribution is 2.29. The van der Waals surface area contributed by atoms with E-state index in [0.29, 0.717) is 5.82 Å². The number of amides is 1. The van der Waals surface area contributed by atoms with Gasteiger partial charge in [0.15, 0.2) is 0 Å². The number of aromatic nitrogens is 3. The number of hydrogen-bond acceptors (Lipinski definition) is 4. The Kier molecular flexibility index (Phi) is 4.46. The van der Waals surface area contributed by atoms with Gasteiger partial charge in [-0.25, -0.2) is 4.98 Å². The Balaban J connectivity index is 1.67. The van der Waals surface area contributed by atoms with Gasteiger partial charge in [0.05, 0.1) is 11.2 Å². The Labute approximate surface area is 165 Å². The minimum Gasteiger partial charge on any atom is -0.346 e. The molecule has 1 fully saturated rings. The third kappa shape index (κ3) is 3.64. The van der Waals surface area contributed by atoms with Crippen molar-refractivity contribution in [3.63, 3.8) is 0 Å². The largest absolute Gasteiger partial charge is 0.346 e. The molecule has 0 unspecified atom stereocenters. The lowest BCUT2D eigenvalue weighted by atomic mass is 9.79. The number of nitrogens with zero attached hydrogens (tertiary/aromatic N) is 3. The van der Waals surface area contributed by atoms with Crippen LogP contribution in [0, 0.1) is 0 Å². The van der Waals surface area contributed by atoms with Crippen LogP contribution in [0.5, 0.6) is 0 Å². The fraction of sp³-hybridized carbons (Fsp3) is 0.409. The van der Waals surface area contributed by atoms with Crippen molar-refractivity contribution in [3.8, 4) is 11.3 Å². The highest BCUT2D eigenvalue weighted by atomic mass is 16.2. The molecule has 0 saturated carbocycles.